The number of benzene rings is 1. The number of carbonyl (C=O) groups excluding carboxylic acids is 3. The third-order valence-electron chi connectivity index (χ3n) is 6.41. The zero-order valence-corrected chi connectivity index (χ0v) is 22.8. The van der Waals surface area contributed by atoms with Crippen molar-refractivity contribution in [2.75, 3.05) is 13.1 Å². The second-order valence-electron chi connectivity index (χ2n) is 10.8. The first-order valence-electron chi connectivity index (χ1n) is 12.6. The topological polar surface area (TPSA) is 81.5 Å². The molecule has 0 amide bonds. The van der Waals surface area contributed by atoms with Crippen LogP contribution in [0, 0.1) is 18.7 Å². The third-order valence-corrected chi connectivity index (χ3v) is 7.56. The number of ketones is 1. The second-order valence-corrected chi connectivity index (χ2v) is 12.2. The Labute approximate surface area is 221 Å². The molecule has 2 heterocycles. The number of nitrogens with zero attached hydrogens (tertiary/aromatic N) is 3. The largest absolute Gasteiger partial charge is 0.442 e. The van der Waals surface area contributed by atoms with E-state index in [-0.39, 0.29) is 27.9 Å². The van der Waals surface area contributed by atoms with Gasteiger partial charge in [0.1, 0.15) is 11.4 Å². The first-order valence-corrected chi connectivity index (χ1v) is 13.5. The minimum absolute atomic E-state index is 0.000439. The number of thioether (sulfide) groups is 1. The summed E-state index contributed by atoms with van der Waals surface area (Å²) in [7, 11) is 0. The van der Waals surface area contributed by atoms with Crippen LogP contribution in [0.5, 0.6) is 0 Å². The van der Waals surface area contributed by atoms with Crippen molar-refractivity contribution in [3.05, 3.63) is 58.7 Å². The summed E-state index contributed by atoms with van der Waals surface area (Å²) in [5.74, 6) is -0.375. The first-order chi connectivity index (χ1) is 17.4. The molecule has 0 spiro atoms. The maximum atomic E-state index is 14.9. The van der Waals surface area contributed by atoms with Crippen molar-refractivity contribution in [3.63, 3.8) is 0 Å². The molecule has 2 atom stereocenters. The molecule has 1 saturated heterocycles. The Balaban J connectivity index is 1.66. The summed E-state index contributed by atoms with van der Waals surface area (Å²) in [6.45, 7) is 9.64. The molecule has 0 bridgehead atoms. The standard InChI is InChI=1S/C28H34FN3O4S/c1-17-14-21(30-32(17)27(35)36-28(3,4)5)15-20-16-31(13-12-24(20)37-18(2)33)25(26(34)19-10-11-19)22-8-6-7-9-23(22)29/h6-9,14-15,19,24-25H,10-13,16H2,1-5H3. The van der Waals surface area contributed by atoms with Crippen LogP contribution >= 0.6 is 11.8 Å². The molecule has 0 radical (unpaired) electrons. The number of carbonyl (C=O) groups is 3. The SMILES string of the molecule is CC(=O)SC1CCN(C(C(=O)C2CC2)c2ccccc2F)CC1=Cc1cc(C)n(C(=O)OC(C)(C)C)n1. The normalized spacial score (nSPS) is 20.6. The summed E-state index contributed by atoms with van der Waals surface area (Å²) in [6.07, 6.45) is 3.62. The molecule has 0 N–H and O–H groups in total. The van der Waals surface area contributed by atoms with E-state index in [4.69, 9.17) is 4.74 Å². The van der Waals surface area contributed by atoms with Crippen LogP contribution < -0.4 is 0 Å². The summed E-state index contributed by atoms with van der Waals surface area (Å²) >= 11 is 1.25. The van der Waals surface area contributed by atoms with Crippen LogP contribution in [0.2, 0.25) is 0 Å². The monoisotopic (exact) mass is 527 g/mol. The predicted octanol–water partition coefficient (Wildman–Crippen LogP) is 5.57. The van der Waals surface area contributed by atoms with E-state index in [9.17, 15) is 18.8 Å². The van der Waals surface area contributed by atoms with E-state index in [0.29, 0.717) is 36.5 Å². The van der Waals surface area contributed by atoms with Gasteiger partial charge in [0.2, 0.25) is 0 Å². The van der Waals surface area contributed by atoms with Gasteiger partial charge in [-0.25, -0.2) is 9.18 Å². The Bertz CT molecular complexity index is 1230. The number of Topliss-reactive ketones (excluding diaryl/α,β-unsaturated/α-hetero) is 1. The van der Waals surface area contributed by atoms with Crippen LogP contribution in [0.3, 0.4) is 0 Å². The van der Waals surface area contributed by atoms with E-state index in [1.165, 1.54) is 29.4 Å². The lowest BCUT2D eigenvalue weighted by molar-refractivity contribution is -0.126. The molecule has 1 aliphatic carbocycles. The molecule has 198 valence electrons. The summed E-state index contributed by atoms with van der Waals surface area (Å²) in [6, 6.07) is 7.57. The van der Waals surface area contributed by atoms with Gasteiger partial charge in [0.05, 0.1) is 11.7 Å². The highest BCUT2D eigenvalue weighted by Gasteiger charge is 2.41. The Hall–Kier alpha value is -2.78. The van der Waals surface area contributed by atoms with E-state index in [2.05, 4.69) is 5.10 Å². The number of ether oxygens (including phenoxy) is 1. The predicted molar refractivity (Wildman–Crippen MR) is 142 cm³/mol. The summed E-state index contributed by atoms with van der Waals surface area (Å²) in [5.41, 5.74) is 1.83. The van der Waals surface area contributed by atoms with Gasteiger partial charge in [-0.2, -0.15) is 9.78 Å². The van der Waals surface area contributed by atoms with Gasteiger partial charge in [-0.3, -0.25) is 14.5 Å². The molecule has 1 saturated carbocycles. The molecule has 1 aromatic carbocycles. The van der Waals surface area contributed by atoms with Gasteiger partial charge in [-0.15, -0.1) is 0 Å². The summed E-state index contributed by atoms with van der Waals surface area (Å²) < 4.78 is 21.6. The van der Waals surface area contributed by atoms with Crippen molar-refractivity contribution in [2.45, 2.75) is 70.8 Å². The Kier molecular flexibility index (Phi) is 8.04. The zero-order valence-electron chi connectivity index (χ0n) is 22.0. The number of likely N-dealkylation sites (tertiary alicyclic amines) is 1. The number of aromatic nitrogens is 2. The molecule has 9 heteroatoms. The van der Waals surface area contributed by atoms with Gasteiger partial charge < -0.3 is 4.74 Å². The number of hydrogen-bond acceptors (Lipinski definition) is 7. The van der Waals surface area contributed by atoms with Crippen molar-refractivity contribution in [2.24, 2.45) is 5.92 Å². The Morgan fingerprint density at radius 1 is 1.19 bits per heavy atom. The number of piperidine rings is 1. The first kappa shape index (κ1) is 27.3. The van der Waals surface area contributed by atoms with Gasteiger partial charge in [-0.1, -0.05) is 30.0 Å². The fourth-order valence-corrected chi connectivity index (χ4v) is 5.56. The van der Waals surface area contributed by atoms with E-state index >= 15 is 0 Å². The van der Waals surface area contributed by atoms with Gasteiger partial charge in [0, 0.05) is 42.4 Å². The molecular weight excluding hydrogens is 493 g/mol. The van der Waals surface area contributed by atoms with Gasteiger partial charge in [0.15, 0.2) is 10.9 Å². The molecule has 2 fully saturated rings. The van der Waals surface area contributed by atoms with Crippen LogP contribution in [-0.2, 0) is 14.3 Å². The average molecular weight is 528 g/mol. The number of rotatable bonds is 6. The van der Waals surface area contributed by atoms with Crippen molar-refractivity contribution >= 4 is 34.8 Å². The van der Waals surface area contributed by atoms with Crippen molar-refractivity contribution in [3.8, 4) is 0 Å². The van der Waals surface area contributed by atoms with E-state index in [0.717, 1.165) is 18.4 Å². The fraction of sp³-hybridized carbons (Fsp3) is 0.500. The van der Waals surface area contributed by atoms with Crippen molar-refractivity contribution < 1.29 is 23.5 Å². The second kappa shape index (κ2) is 10.9. The number of aryl methyl sites for hydroxylation is 1. The maximum absolute atomic E-state index is 14.9. The van der Waals surface area contributed by atoms with E-state index < -0.39 is 17.7 Å². The third kappa shape index (κ3) is 6.76. The van der Waals surface area contributed by atoms with Crippen molar-refractivity contribution in [1.29, 1.82) is 0 Å². The van der Waals surface area contributed by atoms with Crippen LogP contribution in [0.15, 0.2) is 35.9 Å². The number of hydrogen-bond donors (Lipinski definition) is 0. The van der Waals surface area contributed by atoms with E-state index in [1.807, 2.05) is 11.0 Å². The maximum Gasteiger partial charge on any atom is 0.435 e. The number of halogens is 1. The Morgan fingerprint density at radius 3 is 2.51 bits per heavy atom. The fourth-order valence-electron chi connectivity index (χ4n) is 4.64. The molecule has 37 heavy (non-hydrogen) atoms. The smallest absolute Gasteiger partial charge is 0.435 e. The molecule has 2 aromatic rings. The minimum atomic E-state index is -0.679. The summed E-state index contributed by atoms with van der Waals surface area (Å²) in [5, 5.41) is 4.34. The van der Waals surface area contributed by atoms with Gasteiger partial charge in [0.25, 0.3) is 0 Å². The van der Waals surface area contributed by atoms with Gasteiger partial charge in [-0.05, 0) is 70.7 Å². The highest BCUT2D eigenvalue weighted by molar-refractivity contribution is 8.14. The molecule has 4 rings (SSSR count). The minimum Gasteiger partial charge on any atom is -0.442 e. The average Bonchev–Trinajstić information content (AvgIpc) is 3.58. The highest BCUT2D eigenvalue weighted by atomic mass is 32.2. The molecule has 2 unspecified atom stereocenters. The molecule has 2 aliphatic rings. The van der Waals surface area contributed by atoms with Crippen LogP contribution in [0.25, 0.3) is 6.08 Å². The van der Waals surface area contributed by atoms with Crippen LogP contribution in [-0.4, -0.2) is 55.6 Å². The highest BCUT2D eigenvalue weighted by Crippen LogP contribution is 2.40. The quantitative estimate of drug-likeness (QED) is 0.486. The Morgan fingerprint density at radius 2 is 1.89 bits per heavy atom. The lowest BCUT2D eigenvalue weighted by Crippen LogP contribution is -2.43. The lowest BCUT2D eigenvalue weighted by atomic mass is 9.93. The molecule has 1 aromatic heterocycles. The van der Waals surface area contributed by atoms with Gasteiger partial charge >= 0.3 is 6.09 Å². The lowest BCUT2D eigenvalue weighted by Gasteiger charge is -2.38. The molecule has 7 nitrogen and oxygen atoms in total. The molecule has 1 aliphatic heterocycles. The van der Waals surface area contributed by atoms with Crippen LogP contribution in [0.1, 0.15) is 70.0 Å². The molecular formula is C28H34FN3O4S. The zero-order chi connectivity index (χ0) is 26.9. The van der Waals surface area contributed by atoms with Crippen LogP contribution in [0.4, 0.5) is 9.18 Å². The van der Waals surface area contributed by atoms with Crippen molar-refractivity contribution in [1.82, 2.24) is 14.7 Å². The van der Waals surface area contributed by atoms with E-state index in [1.54, 1.807) is 52.0 Å². The summed E-state index contributed by atoms with van der Waals surface area (Å²) in [4.78, 5) is 40.0.